The van der Waals surface area contributed by atoms with E-state index < -0.39 is 4.92 Å². The molecule has 0 unspecified atom stereocenters. The summed E-state index contributed by atoms with van der Waals surface area (Å²) in [5, 5.41) is 26.6. The number of nitro groups is 1. The van der Waals surface area contributed by atoms with Crippen molar-refractivity contribution in [3.63, 3.8) is 0 Å². The molecule has 0 bridgehead atoms. The number of hydrogen-bond donors (Lipinski definition) is 1. The van der Waals surface area contributed by atoms with Gasteiger partial charge in [-0.05, 0) is 13.0 Å². The number of rotatable bonds is 5. The Bertz CT molecular complexity index is 673. The topological polar surface area (TPSA) is 110 Å². The van der Waals surface area contributed by atoms with Gasteiger partial charge in [-0.2, -0.15) is 5.26 Å². The van der Waals surface area contributed by atoms with Gasteiger partial charge in [-0.3, -0.25) is 10.1 Å². The molecule has 0 aliphatic heterocycles. The van der Waals surface area contributed by atoms with E-state index >= 15 is 0 Å². The van der Waals surface area contributed by atoms with Crippen LogP contribution in [0.4, 0.5) is 11.4 Å². The maximum absolute atomic E-state index is 10.8. The van der Waals surface area contributed by atoms with Crippen LogP contribution in [0.15, 0.2) is 24.5 Å². The monoisotopic (exact) mass is 272 g/mol. The predicted molar refractivity (Wildman–Crippen MR) is 71.1 cm³/mol. The molecule has 0 aliphatic carbocycles. The minimum absolute atomic E-state index is 0.0160. The van der Waals surface area contributed by atoms with E-state index in [1.165, 1.54) is 23.1 Å². The number of anilines is 1. The minimum Gasteiger partial charge on any atom is -0.385 e. The molecule has 102 valence electrons. The molecule has 0 atom stereocenters. The molecule has 8 nitrogen and oxygen atoms in total. The maximum atomic E-state index is 10.8. The number of hydrogen-bond acceptors (Lipinski definition) is 6. The van der Waals surface area contributed by atoms with Gasteiger partial charge in [0.05, 0.1) is 11.5 Å². The number of nitrogens with one attached hydrogen (secondary N) is 1. The first kappa shape index (κ1) is 13.5. The lowest BCUT2D eigenvalue weighted by Gasteiger charge is -2.10. The number of nitriles is 1. The molecule has 0 radical (unpaired) electrons. The van der Waals surface area contributed by atoms with Crippen molar-refractivity contribution in [1.29, 1.82) is 5.26 Å². The van der Waals surface area contributed by atoms with Crippen molar-refractivity contribution < 1.29 is 4.92 Å². The largest absolute Gasteiger partial charge is 0.385 e. The number of nitrogens with zero attached hydrogens (tertiary/aromatic N) is 5. The van der Waals surface area contributed by atoms with E-state index in [2.05, 4.69) is 15.4 Å². The third-order valence-electron chi connectivity index (χ3n) is 2.64. The van der Waals surface area contributed by atoms with Crippen molar-refractivity contribution in [2.45, 2.75) is 13.5 Å². The fourth-order valence-electron chi connectivity index (χ4n) is 1.78. The summed E-state index contributed by atoms with van der Waals surface area (Å²) in [4.78, 5) is 14.2. The molecule has 0 amide bonds. The second-order valence-corrected chi connectivity index (χ2v) is 4.01. The van der Waals surface area contributed by atoms with Crippen molar-refractivity contribution in [3.8, 4) is 6.07 Å². The van der Waals surface area contributed by atoms with Gasteiger partial charge in [0.15, 0.2) is 0 Å². The zero-order valence-electron chi connectivity index (χ0n) is 10.8. The van der Waals surface area contributed by atoms with Crippen LogP contribution >= 0.6 is 0 Å². The van der Waals surface area contributed by atoms with Crippen molar-refractivity contribution in [2.75, 3.05) is 11.9 Å². The van der Waals surface area contributed by atoms with Gasteiger partial charge in [0.1, 0.15) is 12.4 Å². The van der Waals surface area contributed by atoms with Gasteiger partial charge in [0.25, 0.3) is 11.5 Å². The summed E-state index contributed by atoms with van der Waals surface area (Å²) in [6, 6.07) is 6.44. The molecular formula is C12H12N6O2. The molecular weight excluding hydrogens is 260 g/mol. The average molecular weight is 272 g/mol. The molecule has 0 saturated carbocycles. The standard InChI is InChI=1S/C12H12N6O2/c1-2-14-11-4-3-10(18(19)20)5-9(11)7-17-8-15-12(6-13)16-17/h3-5,8,14H,2,7H2,1H3. The molecule has 1 N–H and O–H groups in total. The fourth-order valence-corrected chi connectivity index (χ4v) is 1.78. The molecule has 0 saturated heterocycles. The highest BCUT2D eigenvalue weighted by molar-refractivity contribution is 5.56. The van der Waals surface area contributed by atoms with Gasteiger partial charge in [-0.25, -0.2) is 9.67 Å². The minimum atomic E-state index is -0.443. The second-order valence-electron chi connectivity index (χ2n) is 4.01. The van der Waals surface area contributed by atoms with Crippen molar-refractivity contribution >= 4 is 11.4 Å². The Hall–Kier alpha value is -2.95. The van der Waals surface area contributed by atoms with Gasteiger partial charge in [0, 0.05) is 29.9 Å². The van der Waals surface area contributed by atoms with E-state index in [-0.39, 0.29) is 11.5 Å². The van der Waals surface area contributed by atoms with E-state index in [1.807, 2.05) is 13.0 Å². The van der Waals surface area contributed by atoms with Crippen molar-refractivity contribution in [2.24, 2.45) is 0 Å². The highest BCUT2D eigenvalue weighted by Crippen LogP contribution is 2.22. The molecule has 0 fully saturated rings. The molecule has 1 heterocycles. The third-order valence-corrected chi connectivity index (χ3v) is 2.64. The van der Waals surface area contributed by atoms with Crippen molar-refractivity contribution in [1.82, 2.24) is 14.8 Å². The average Bonchev–Trinajstić information content (AvgIpc) is 2.88. The number of non-ortho nitro benzene ring substituents is 1. The van der Waals surface area contributed by atoms with Gasteiger partial charge in [-0.15, -0.1) is 5.10 Å². The summed E-state index contributed by atoms with van der Waals surface area (Å²) >= 11 is 0. The quantitative estimate of drug-likeness (QED) is 0.653. The van der Waals surface area contributed by atoms with Crippen LogP contribution in [0.5, 0.6) is 0 Å². The summed E-state index contributed by atoms with van der Waals surface area (Å²) in [6.45, 7) is 2.94. The molecule has 0 spiro atoms. The Morgan fingerprint density at radius 2 is 2.35 bits per heavy atom. The third kappa shape index (κ3) is 2.89. The predicted octanol–water partition coefficient (Wildman–Crippen LogP) is 1.54. The summed E-state index contributed by atoms with van der Waals surface area (Å²) in [7, 11) is 0. The van der Waals surface area contributed by atoms with Crippen LogP contribution in [0.2, 0.25) is 0 Å². The first-order valence-electron chi connectivity index (χ1n) is 5.94. The normalized spacial score (nSPS) is 10.0. The lowest BCUT2D eigenvalue weighted by atomic mass is 10.1. The second kappa shape index (κ2) is 5.79. The molecule has 1 aromatic carbocycles. The van der Waals surface area contributed by atoms with E-state index in [9.17, 15) is 10.1 Å². The Balaban J connectivity index is 2.34. The Labute approximate surface area is 114 Å². The SMILES string of the molecule is CCNc1ccc([N+](=O)[O-])cc1Cn1cnc(C#N)n1. The molecule has 2 rings (SSSR count). The van der Waals surface area contributed by atoms with E-state index in [1.54, 1.807) is 6.07 Å². The van der Waals surface area contributed by atoms with Crippen LogP contribution in [0, 0.1) is 21.4 Å². The summed E-state index contributed by atoms with van der Waals surface area (Å²) in [6.07, 6.45) is 1.42. The first-order chi connectivity index (χ1) is 9.63. The number of benzene rings is 1. The highest BCUT2D eigenvalue weighted by atomic mass is 16.6. The molecule has 0 aliphatic rings. The molecule has 8 heteroatoms. The summed E-state index contributed by atoms with van der Waals surface area (Å²) < 4.78 is 1.47. The van der Waals surface area contributed by atoms with E-state index in [4.69, 9.17) is 5.26 Å². The van der Waals surface area contributed by atoms with Crippen LogP contribution in [0.25, 0.3) is 0 Å². The van der Waals surface area contributed by atoms with Gasteiger partial charge < -0.3 is 5.32 Å². The maximum Gasteiger partial charge on any atom is 0.269 e. The lowest BCUT2D eigenvalue weighted by Crippen LogP contribution is -2.07. The number of nitro benzene ring substituents is 1. The van der Waals surface area contributed by atoms with E-state index in [0.717, 1.165) is 11.3 Å². The zero-order chi connectivity index (χ0) is 14.5. The number of aromatic nitrogens is 3. The first-order valence-corrected chi connectivity index (χ1v) is 5.94. The Morgan fingerprint density at radius 3 is 2.95 bits per heavy atom. The van der Waals surface area contributed by atoms with E-state index in [0.29, 0.717) is 13.1 Å². The Kier molecular flexibility index (Phi) is 3.91. The van der Waals surface area contributed by atoms with Gasteiger partial charge in [0.2, 0.25) is 0 Å². The highest BCUT2D eigenvalue weighted by Gasteiger charge is 2.11. The summed E-state index contributed by atoms with van der Waals surface area (Å²) in [5.41, 5.74) is 1.53. The molecule has 1 aromatic heterocycles. The van der Waals surface area contributed by atoms with Crippen LogP contribution in [0.3, 0.4) is 0 Å². The van der Waals surface area contributed by atoms with Crippen LogP contribution < -0.4 is 5.32 Å². The lowest BCUT2D eigenvalue weighted by molar-refractivity contribution is -0.384. The summed E-state index contributed by atoms with van der Waals surface area (Å²) in [5.74, 6) is 0.0698. The van der Waals surface area contributed by atoms with Gasteiger partial charge >= 0.3 is 0 Å². The Morgan fingerprint density at radius 1 is 1.55 bits per heavy atom. The fraction of sp³-hybridized carbons (Fsp3) is 0.250. The smallest absolute Gasteiger partial charge is 0.269 e. The van der Waals surface area contributed by atoms with Crippen LogP contribution in [-0.4, -0.2) is 26.2 Å². The van der Waals surface area contributed by atoms with Gasteiger partial charge in [-0.1, -0.05) is 0 Å². The zero-order valence-corrected chi connectivity index (χ0v) is 10.8. The van der Waals surface area contributed by atoms with Crippen LogP contribution in [0.1, 0.15) is 18.3 Å². The molecule has 2 aromatic rings. The van der Waals surface area contributed by atoms with Crippen LogP contribution in [-0.2, 0) is 6.54 Å². The van der Waals surface area contributed by atoms with Crippen molar-refractivity contribution in [3.05, 3.63) is 46.0 Å². The molecule has 20 heavy (non-hydrogen) atoms.